The summed E-state index contributed by atoms with van der Waals surface area (Å²) >= 11 is 3.53. The molecule has 0 fully saturated rings. The molecule has 0 aliphatic carbocycles. The van der Waals surface area contributed by atoms with E-state index < -0.39 is 0 Å². The van der Waals surface area contributed by atoms with Crippen LogP contribution in [0.2, 0.25) is 0 Å². The predicted octanol–water partition coefficient (Wildman–Crippen LogP) is 3.86. The monoisotopic (exact) mass is 323 g/mol. The largest absolute Gasteiger partial charge is 0.371 e. The third kappa shape index (κ3) is 4.22. The Morgan fingerprint density at radius 1 is 1.42 bits per heavy atom. The fraction of sp³-hybridized carbons (Fsp3) is 0.533. The Hall–Kier alpha value is -1.05. The maximum Gasteiger partial charge on any atom is 0.0643 e. The number of nitrogens with one attached hydrogen (secondary N) is 1. The maximum atomic E-state index is 8.85. The number of nitrogens with zero attached hydrogens (tertiary/aromatic N) is 2. The summed E-state index contributed by atoms with van der Waals surface area (Å²) in [5.41, 5.74) is 2.43. The van der Waals surface area contributed by atoms with Gasteiger partial charge in [0, 0.05) is 29.3 Å². The lowest BCUT2D eigenvalue weighted by molar-refractivity contribution is 0.593. The molecular formula is C15H22BrN3. The molecule has 0 aromatic heterocycles. The SMILES string of the molecule is CCNC(C)c1ccc(Br)cc1N(C)C(C)CC#N. The van der Waals surface area contributed by atoms with E-state index in [4.69, 9.17) is 5.26 Å². The van der Waals surface area contributed by atoms with Crippen LogP contribution in [0.1, 0.15) is 38.8 Å². The Morgan fingerprint density at radius 3 is 2.68 bits per heavy atom. The smallest absolute Gasteiger partial charge is 0.0643 e. The number of hydrogen-bond donors (Lipinski definition) is 1. The maximum absolute atomic E-state index is 8.85. The highest BCUT2D eigenvalue weighted by Gasteiger charge is 2.17. The molecule has 1 aromatic carbocycles. The molecule has 104 valence electrons. The minimum atomic E-state index is 0.201. The molecule has 0 aliphatic heterocycles. The van der Waals surface area contributed by atoms with Gasteiger partial charge in [0.15, 0.2) is 0 Å². The normalized spacial score (nSPS) is 13.7. The lowest BCUT2D eigenvalue weighted by atomic mass is 10.0. The van der Waals surface area contributed by atoms with Gasteiger partial charge in [-0.3, -0.25) is 0 Å². The first-order valence-corrected chi connectivity index (χ1v) is 7.43. The topological polar surface area (TPSA) is 39.1 Å². The van der Waals surface area contributed by atoms with Gasteiger partial charge in [-0.15, -0.1) is 0 Å². The number of rotatable bonds is 6. The fourth-order valence-electron chi connectivity index (χ4n) is 2.11. The van der Waals surface area contributed by atoms with Gasteiger partial charge in [-0.05, 0) is 38.1 Å². The number of hydrogen-bond acceptors (Lipinski definition) is 3. The van der Waals surface area contributed by atoms with Gasteiger partial charge in [0.2, 0.25) is 0 Å². The van der Waals surface area contributed by atoms with Crippen LogP contribution in [0.15, 0.2) is 22.7 Å². The van der Waals surface area contributed by atoms with E-state index in [1.165, 1.54) is 11.3 Å². The fourth-order valence-corrected chi connectivity index (χ4v) is 2.46. The average Bonchev–Trinajstić information content (AvgIpc) is 2.38. The molecule has 1 rings (SSSR count). The minimum absolute atomic E-state index is 0.201. The Labute approximate surface area is 124 Å². The van der Waals surface area contributed by atoms with Crippen LogP contribution in [0.5, 0.6) is 0 Å². The number of anilines is 1. The van der Waals surface area contributed by atoms with Crippen molar-refractivity contribution in [3.05, 3.63) is 28.2 Å². The number of halogens is 1. The van der Waals surface area contributed by atoms with E-state index in [-0.39, 0.29) is 6.04 Å². The van der Waals surface area contributed by atoms with Crippen LogP contribution in [0.3, 0.4) is 0 Å². The van der Waals surface area contributed by atoms with Crippen LogP contribution in [-0.4, -0.2) is 19.6 Å². The van der Waals surface area contributed by atoms with E-state index >= 15 is 0 Å². The summed E-state index contributed by atoms with van der Waals surface area (Å²) in [4.78, 5) is 2.18. The van der Waals surface area contributed by atoms with Crippen LogP contribution < -0.4 is 10.2 Å². The Morgan fingerprint density at radius 2 is 2.11 bits per heavy atom. The Bertz CT molecular complexity index is 453. The summed E-state index contributed by atoms with van der Waals surface area (Å²) in [7, 11) is 2.05. The highest BCUT2D eigenvalue weighted by Crippen LogP contribution is 2.30. The zero-order valence-electron chi connectivity index (χ0n) is 12.1. The second-order valence-corrected chi connectivity index (χ2v) is 5.72. The van der Waals surface area contributed by atoms with Crippen molar-refractivity contribution in [3.63, 3.8) is 0 Å². The van der Waals surface area contributed by atoms with Crippen molar-refractivity contribution in [2.24, 2.45) is 0 Å². The predicted molar refractivity (Wildman–Crippen MR) is 84.3 cm³/mol. The molecule has 0 amide bonds. The first kappa shape index (κ1) is 16.0. The molecule has 3 nitrogen and oxygen atoms in total. The van der Waals surface area contributed by atoms with Gasteiger partial charge in [0.05, 0.1) is 12.5 Å². The van der Waals surface area contributed by atoms with Gasteiger partial charge in [-0.2, -0.15) is 5.26 Å². The third-order valence-corrected chi connectivity index (χ3v) is 3.89. The zero-order valence-corrected chi connectivity index (χ0v) is 13.7. The summed E-state index contributed by atoms with van der Waals surface area (Å²) in [5.74, 6) is 0. The molecule has 0 bridgehead atoms. The minimum Gasteiger partial charge on any atom is -0.371 e. The van der Waals surface area contributed by atoms with Gasteiger partial charge in [-0.1, -0.05) is 28.9 Å². The molecule has 0 saturated heterocycles. The molecule has 0 heterocycles. The van der Waals surface area contributed by atoms with E-state index in [0.29, 0.717) is 12.5 Å². The van der Waals surface area contributed by atoms with Crippen molar-refractivity contribution in [3.8, 4) is 6.07 Å². The van der Waals surface area contributed by atoms with Gasteiger partial charge < -0.3 is 10.2 Å². The lowest BCUT2D eigenvalue weighted by Gasteiger charge is -2.29. The van der Waals surface area contributed by atoms with Crippen LogP contribution in [0.25, 0.3) is 0 Å². The van der Waals surface area contributed by atoms with Gasteiger partial charge >= 0.3 is 0 Å². The van der Waals surface area contributed by atoms with Crippen molar-refractivity contribution in [1.29, 1.82) is 5.26 Å². The zero-order chi connectivity index (χ0) is 14.4. The van der Waals surface area contributed by atoms with E-state index in [0.717, 1.165) is 11.0 Å². The number of nitriles is 1. The van der Waals surface area contributed by atoms with Crippen molar-refractivity contribution in [1.82, 2.24) is 5.32 Å². The van der Waals surface area contributed by atoms with Gasteiger partial charge in [0.25, 0.3) is 0 Å². The molecule has 4 heteroatoms. The first-order valence-electron chi connectivity index (χ1n) is 6.63. The average molecular weight is 324 g/mol. The Balaban J connectivity index is 3.10. The molecule has 1 aromatic rings. The van der Waals surface area contributed by atoms with Gasteiger partial charge in [0.1, 0.15) is 0 Å². The summed E-state index contributed by atoms with van der Waals surface area (Å²) in [6, 6.07) is 9.06. The molecule has 0 saturated carbocycles. The molecule has 0 aliphatic rings. The highest BCUT2D eigenvalue weighted by molar-refractivity contribution is 9.10. The highest BCUT2D eigenvalue weighted by atomic mass is 79.9. The molecule has 2 atom stereocenters. The molecule has 1 N–H and O–H groups in total. The molecule has 2 unspecified atom stereocenters. The summed E-state index contributed by atoms with van der Waals surface area (Å²) in [6.45, 7) is 7.29. The van der Waals surface area contributed by atoms with Crippen LogP contribution in [-0.2, 0) is 0 Å². The molecule has 19 heavy (non-hydrogen) atoms. The third-order valence-electron chi connectivity index (χ3n) is 3.40. The molecule has 0 radical (unpaired) electrons. The van der Waals surface area contributed by atoms with Crippen LogP contribution >= 0.6 is 15.9 Å². The lowest BCUT2D eigenvalue weighted by Crippen LogP contribution is -2.30. The Kier molecular flexibility index (Phi) is 6.33. The van der Waals surface area contributed by atoms with Crippen LogP contribution in [0, 0.1) is 11.3 Å². The second kappa shape index (κ2) is 7.52. The van der Waals surface area contributed by atoms with Gasteiger partial charge in [-0.25, -0.2) is 0 Å². The van der Waals surface area contributed by atoms with E-state index in [1.807, 2.05) is 7.05 Å². The van der Waals surface area contributed by atoms with E-state index in [2.05, 4.69) is 71.2 Å². The van der Waals surface area contributed by atoms with Crippen molar-refractivity contribution < 1.29 is 0 Å². The number of benzene rings is 1. The van der Waals surface area contributed by atoms with E-state index in [1.54, 1.807) is 0 Å². The van der Waals surface area contributed by atoms with Crippen molar-refractivity contribution in [2.75, 3.05) is 18.5 Å². The van der Waals surface area contributed by atoms with E-state index in [9.17, 15) is 0 Å². The second-order valence-electron chi connectivity index (χ2n) is 4.80. The van der Waals surface area contributed by atoms with Crippen molar-refractivity contribution in [2.45, 2.75) is 39.3 Å². The van der Waals surface area contributed by atoms with Crippen LogP contribution in [0.4, 0.5) is 5.69 Å². The summed E-state index contributed by atoms with van der Waals surface area (Å²) in [5, 5.41) is 12.3. The first-order chi connectivity index (χ1) is 9.01. The summed E-state index contributed by atoms with van der Waals surface area (Å²) in [6.07, 6.45) is 0.526. The molecule has 0 spiro atoms. The standard InChI is InChI=1S/C15H22BrN3/c1-5-18-12(3)14-7-6-13(16)10-15(14)19(4)11(2)8-9-17/h6-7,10-12,18H,5,8H2,1-4H3. The van der Waals surface area contributed by atoms with Crippen molar-refractivity contribution >= 4 is 21.6 Å². The molecular weight excluding hydrogens is 302 g/mol. The summed E-state index contributed by atoms with van der Waals surface area (Å²) < 4.78 is 1.06. The quantitative estimate of drug-likeness (QED) is 0.864.